The number of nitrogens with one attached hydrogen (secondary N) is 1. The monoisotopic (exact) mass is 478 g/mol. The van der Waals surface area contributed by atoms with Gasteiger partial charge >= 0.3 is 0 Å². The molecule has 0 fully saturated rings. The van der Waals surface area contributed by atoms with Crippen LogP contribution in [0.3, 0.4) is 0 Å². The van der Waals surface area contributed by atoms with Crippen LogP contribution >= 0.6 is 23.1 Å². The van der Waals surface area contributed by atoms with Gasteiger partial charge in [-0.25, -0.2) is 4.98 Å². The zero-order valence-electron chi connectivity index (χ0n) is 18.6. The molecule has 0 atom stereocenters. The van der Waals surface area contributed by atoms with Crippen molar-refractivity contribution in [2.45, 2.75) is 29.1 Å². The number of thiazole rings is 1. The summed E-state index contributed by atoms with van der Waals surface area (Å²) >= 11 is 3.25. The largest absolute Gasteiger partial charge is 0.302 e. The van der Waals surface area contributed by atoms with Gasteiger partial charge < -0.3 is 5.32 Å². The Labute approximate surface area is 206 Å². The molecule has 166 valence electrons. The standard InChI is InChI=1S/C29H22N2OS2/c1-18-14-15-21(20-9-3-2-8-19(18)20)25-17-33-29(30-25)31-28(32)16-24-22-10-4-6-12-26(22)34-27-13-7-5-11-23(24)27/h2-15,17,24H,16H2,1H3,(H,30,31,32). The molecule has 34 heavy (non-hydrogen) atoms. The van der Waals surface area contributed by atoms with E-state index < -0.39 is 0 Å². The number of aryl methyl sites for hydroxylation is 1. The van der Waals surface area contributed by atoms with Crippen molar-refractivity contribution in [1.29, 1.82) is 0 Å². The van der Waals surface area contributed by atoms with Crippen molar-refractivity contribution in [2.75, 3.05) is 5.32 Å². The van der Waals surface area contributed by atoms with Gasteiger partial charge in [-0.3, -0.25) is 4.79 Å². The Morgan fingerprint density at radius 2 is 1.50 bits per heavy atom. The van der Waals surface area contributed by atoms with Crippen molar-refractivity contribution in [3.8, 4) is 11.3 Å². The van der Waals surface area contributed by atoms with Gasteiger partial charge in [0.1, 0.15) is 0 Å². The quantitative estimate of drug-likeness (QED) is 0.285. The SMILES string of the molecule is Cc1ccc(-c2csc(NC(=O)CC3c4ccccc4Sc4ccccc43)n2)c2ccccc12. The summed E-state index contributed by atoms with van der Waals surface area (Å²) in [6.07, 6.45) is 0.386. The second-order valence-corrected chi connectivity index (χ2v) is 10.4. The van der Waals surface area contributed by atoms with Crippen molar-refractivity contribution in [3.05, 3.63) is 107 Å². The van der Waals surface area contributed by atoms with Gasteiger partial charge in [0.15, 0.2) is 5.13 Å². The number of fused-ring (bicyclic) bond motifs is 3. The maximum absolute atomic E-state index is 13.2. The minimum atomic E-state index is -0.0174. The Morgan fingerprint density at radius 1 is 0.853 bits per heavy atom. The smallest absolute Gasteiger partial charge is 0.227 e. The zero-order valence-corrected chi connectivity index (χ0v) is 20.2. The van der Waals surface area contributed by atoms with E-state index >= 15 is 0 Å². The summed E-state index contributed by atoms with van der Waals surface area (Å²) in [6.45, 7) is 2.12. The van der Waals surface area contributed by atoms with Crippen LogP contribution in [0, 0.1) is 6.92 Å². The topological polar surface area (TPSA) is 42.0 Å². The van der Waals surface area contributed by atoms with Gasteiger partial charge in [0.05, 0.1) is 5.69 Å². The first-order valence-corrected chi connectivity index (χ1v) is 13.0. The summed E-state index contributed by atoms with van der Waals surface area (Å²) in [4.78, 5) is 20.4. The molecule has 5 heteroatoms. The van der Waals surface area contributed by atoms with E-state index in [0.29, 0.717) is 11.6 Å². The first kappa shape index (κ1) is 21.1. The third-order valence-electron chi connectivity index (χ3n) is 6.37. The maximum Gasteiger partial charge on any atom is 0.227 e. The Bertz CT molecular complexity index is 1490. The molecule has 1 aliphatic rings. The lowest BCUT2D eigenvalue weighted by Crippen LogP contribution is -2.18. The molecule has 0 saturated heterocycles. The van der Waals surface area contributed by atoms with Gasteiger partial charge in [0.25, 0.3) is 0 Å². The predicted octanol–water partition coefficient (Wildman–Crippen LogP) is 7.90. The molecule has 2 heterocycles. The molecule has 5 aromatic rings. The lowest BCUT2D eigenvalue weighted by atomic mass is 9.87. The molecule has 0 spiro atoms. The molecule has 0 radical (unpaired) electrons. The van der Waals surface area contributed by atoms with E-state index in [-0.39, 0.29) is 11.8 Å². The van der Waals surface area contributed by atoms with E-state index in [1.165, 1.54) is 48.6 Å². The molecule has 6 rings (SSSR count). The normalized spacial score (nSPS) is 12.9. The summed E-state index contributed by atoms with van der Waals surface area (Å²) in [6, 6.07) is 29.4. The fraction of sp³-hybridized carbons (Fsp3) is 0.103. The minimum absolute atomic E-state index is 0.0174. The molecule has 1 aromatic heterocycles. The van der Waals surface area contributed by atoms with Crippen LogP contribution in [0.1, 0.15) is 29.0 Å². The second-order valence-electron chi connectivity index (χ2n) is 8.50. The molecule has 4 aromatic carbocycles. The van der Waals surface area contributed by atoms with E-state index in [2.05, 4.69) is 97.2 Å². The van der Waals surface area contributed by atoms with Crippen molar-refractivity contribution < 1.29 is 4.79 Å². The van der Waals surface area contributed by atoms with Crippen LogP contribution in [0.4, 0.5) is 5.13 Å². The Kier molecular flexibility index (Phi) is 5.44. The summed E-state index contributed by atoms with van der Waals surface area (Å²) in [7, 11) is 0. The number of amides is 1. The first-order valence-electron chi connectivity index (χ1n) is 11.3. The van der Waals surface area contributed by atoms with Crippen LogP contribution in [0.15, 0.2) is 100 Å². The van der Waals surface area contributed by atoms with Crippen LogP contribution in [0.5, 0.6) is 0 Å². The third-order valence-corrected chi connectivity index (χ3v) is 8.31. The number of hydrogen-bond donors (Lipinski definition) is 1. The molecular formula is C29H22N2OS2. The second kappa shape index (κ2) is 8.75. The third kappa shape index (κ3) is 3.81. The molecule has 0 saturated carbocycles. The highest BCUT2D eigenvalue weighted by Crippen LogP contribution is 2.47. The zero-order chi connectivity index (χ0) is 23.1. The minimum Gasteiger partial charge on any atom is -0.302 e. The molecule has 3 nitrogen and oxygen atoms in total. The maximum atomic E-state index is 13.2. The highest BCUT2D eigenvalue weighted by Gasteiger charge is 2.28. The number of benzene rings is 4. The summed E-state index contributed by atoms with van der Waals surface area (Å²) in [5, 5.41) is 8.13. The number of anilines is 1. The van der Waals surface area contributed by atoms with Crippen LogP contribution in [0.25, 0.3) is 22.0 Å². The van der Waals surface area contributed by atoms with E-state index in [0.717, 1.165) is 11.3 Å². The predicted molar refractivity (Wildman–Crippen MR) is 142 cm³/mol. The van der Waals surface area contributed by atoms with E-state index in [1.54, 1.807) is 11.8 Å². The molecule has 1 aliphatic heterocycles. The molecule has 0 aliphatic carbocycles. The van der Waals surface area contributed by atoms with Crippen molar-refractivity contribution in [2.24, 2.45) is 0 Å². The van der Waals surface area contributed by atoms with Crippen molar-refractivity contribution in [1.82, 2.24) is 4.98 Å². The van der Waals surface area contributed by atoms with Gasteiger partial charge in [-0.15, -0.1) is 11.3 Å². The average molecular weight is 479 g/mol. The molecule has 0 unspecified atom stereocenters. The highest BCUT2D eigenvalue weighted by atomic mass is 32.2. The van der Waals surface area contributed by atoms with Gasteiger partial charge in [-0.2, -0.15) is 0 Å². The van der Waals surface area contributed by atoms with E-state index in [1.807, 2.05) is 5.38 Å². The summed E-state index contributed by atoms with van der Waals surface area (Å²) < 4.78 is 0. The average Bonchev–Trinajstić information content (AvgIpc) is 3.32. The first-order chi connectivity index (χ1) is 16.7. The number of aromatic nitrogens is 1. The van der Waals surface area contributed by atoms with Crippen LogP contribution in [0.2, 0.25) is 0 Å². The molecular weight excluding hydrogens is 456 g/mol. The Morgan fingerprint density at radius 3 is 2.24 bits per heavy atom. The van der Waals surface area contributed by atoms with Crippen LogP contribution < -0.4 is 5.32 Å². The number of carbonyl (C=O) groups is 1. The summed E-state index contributed by atoms with van der Waals surface area (Å²) in [5.74, 6) is 0.0188. The Hall–Kier alpha value is -3.41. The van der Waals surface area contributed by atoms with Crippen LogP contribution in [-0.4, -0.2) is 10.9 Å². The number of rotatable bonds is 4. The Balaban J connectivity index is 1.26. The van der Waals surface area contributed by atoms with Gasteiger partial charge in [-0.1, -0.05) is 84.6 Å². The number of carbonyl (C=O) groups excluding carboxylic acids is 1. The highest BCUT2D eigenvalue weighted by molar-refractivity contribution is 7.99. The lowest BCUT2D eigenvalue weighted by Gasteiger charge is -2.27. The molecule has 1 N–H and O–H groups in total. The van der Waals surface area contributed by atoms with Crippen molar-refractivity contribution in [3.63, 3.8) is 0 Å². The fourth-order valence-electron chi connectivity index (χ4n) is 4.71. The summed E-state index contributed by atoms with van der Waals surface area (Å²) in [5.41, 5.74) is 5.65. The number of nitrogens with zero attached hydrogens (tertiary/aromatic N) is 1. The number of hydrogen-bond acceptors (Lipinski definition) is 4. The van der Waals surface area contributed by atoms with E-state index in [4.69, 9.17) is 4.98 Å². The van der Waals surface area contributed by atoms with Gasteiger partial charge in [-0.05, 0) is 46.5 Å². The van der Waals surface area contributed by atoms with Gasteiger partial charge in [0, 0.05) is 33.1 Å². The van der Waals surface area contributed by atoms with Gasteiger partial charge in [0.2, 0.25) is 5.91 Å². The van der Waals surface area contributed by atoms with Crippen LogP contribution in [-0.2, 0) is 4.79 Å². The molecule has 1 amide bonds. The fourth-order valence-corrected chi connectivity index (χ4v) is 6.63. The van der Waals surface area contributed by atoms with E-state index in [9.17, 15) is 4.79 Å². The lowest BCUT2D eigenvalue weighted by molar-refractivity contribution is -0.116. The van der Waals surface area contributed by atoms with Crippen molar-refractivity contribution >= 4 is 44.9 Å². The molecule has 0 bridgehead atoms.